The van der Waals surface area contributed by atoms with Gasteiger partial charge in [0.05, 0.1) is 7.11 Å². The molecule has 1 amide bonds. The highest BCUT2D eigenvalue weighted by Crippen LogP contribution is 2.20. The Bertz CT molecular complexity index is 1040. The third kappa shape index (κ3) is 7.31. The van der Waals surface area contributed by atoms with E-state index in [-0.39, 0.29) is 5.91 Å². The number of anilines is 3. The van der Waals surface area contributed by atoms with Gasteiger partial charge in [-0.25, -0.2) is 4.98 Å². The number of rotatable bonds is 9. The fraction of sp³-hybridized carbons (Fsp3) is 0.174. The van der Waals surface area contributed by atoms with Crippen molar-refractivity contribution in [3.8, 4) is 5.75 Å². The van der Waals surface area contributed by atoms with Crippen LogP contribution in [-0.2, 0) is 4.79 Å². The minimum atomic E-state index is -0.177. The summed E-state index contributed by atoms with van der Waals surface area (Å²) in [6.07, 6.45) is 3.23. The number of aromatic nitrogens is 2. The number of halogens is 1. The lowest BCUT2D eigenvalue weighted by Crippen LogP contribution is -2.27. The highest BCUT2D eigenvalue weighted by atomic mass is 35.5. The molecule has 0 fully saturated rings. The molecule has 3 N–H and O–H groups in total. The molecule has 0 atom stereocenters. The highest BCUT2D eigenvalue weighted by Gasteiger charge is 2.04. The van der Waals surface area contributed by atoms with Gasteiger partial charge in [0.1, 0.15) is 11.6 Å². The third-order valence-corrected chi connectivity index (χ3v) is 4.47. The molecular formula is C23H24ClN5O2. The molecule has 0 bridgehead atoms. The number of amides is 1. The quantitative estimate of drug-likeness (QED) is 0.339. The third-order valence-electron chi connectivity index (χ3n) is 4.22. The zero-order valence-corrected chi connectivity index (χ0v) is 18.1. The molecule has 1 aromatic heterocycles. The van der Waals surface area contributed by atoms with Crippen LogP contribution in [-0.4, -0.2) is 36.1 Å². The summed E-state index contributed by atoms with van der Waals surface area (Å²) < 4.78 is 5.17. The van der Waals surface area contributed by atoms with Gasteiger partial charge in [0.15, 0.2) is 0 Å². The number of nitrogens with zero attached hydrogens (tertiary/aromatic N) is 2. The fourth-order valence-corrected chi connectivity index (χ4v) is 2.82. The van der Waals surface area contributed by atoms with Crippen LogP contribution in [0.1, 0.15) is 11.3 Å². The monoisotopic (exact) mass is 437 g/mol. The molecule has 1 heterocycles. The van der Waals surface area contributed by atoms with Crippen molar-refractivity contribution in [3.63, 3.8) is 0 Å². The number of nitrogens with one attached hydrogen (secondary N) is 3. The minimum absolute atomic E-state index is 0.177. The lowest BCUT2D eigenvalue weighted by molar-refractivity contribution is -0.116. The molecule has 0 aliphatic heterocycles. The van der Waals surface area contributed by atoms with Gasteiger partial charge < -0.3 is 20.7 Å². The zero-order chi connectivity index (χ0) is 22.1. The normalized spacial score (nSPS) is 10.7. The summed E-state index contributed by atoms with van der Waals surface area (Å²) in [5.74, 6) is 1.78. The van der Waals surface area contributed by atoms with Crippen LogP contribution in [0, 0.1) is 6.92 Å². The molecule has 7 nitrogen and oxygen atoms in total. The van der Waals surface area contributed by atoms with Crippen LogP contribution < -0.4 is 20.7 Å². The molecule has 0 spiro atoms. The molecule has 0 unspecified atom stereocenters. The van der Waals surface area contributed by atoms with E-state index >= 15 is 0 Å². The maximum Gasteiger partial charge on any atom is 0.244 e. The number of methoxy groups -OCH3 is 1. The van der Waals surface area contributed by atoms with Gasteiger partial charge in [-0.3, -0.25) is 4.79 Å². The van der Waals surface area contributed by atoms with Crippen molar-refractivity contribution in [1.29, 1.82) is 0 Å². The molecule has 8 heteroatoms. The topological polar surface area (TPSA) is 88.2 Å². The Balaban J connectivity index is 1.47. The number of hydrogen-bond donors (Lipinski definition) is 3. The molecule has 31 heavy (non-hydrogen) atoms. The Hall–Kier alpha value is -3.58. The Kier molecular flexibility index (Phi) is 7.84. The first-order chi connectivity index (χ1) is 15.0. The van der Waals surface area contributed by atoms with E-state index in [4.69, 9.17) is 16.3 Å². The summed E-state index contributed by atoms with van der Waals surface area (Å²) in [5, 5.41) is 9.85. The van der Waals surface area contributed by atoms with Crippen molar-refractivity contribution in [1.82, 2.24) is 15.3 Å². The Morgan fingerprint density at radius 1 is 1.06 bits per heavy atom. The fourth-order valence-electron chi connectivity index (χ4n) is 2.70. The summed E-state index contributed by atoms with van der Waals surface area (Å²) >= 11 is 5.85. The summed E-state index contributed by atoms with van der Waals surface area (Å²) in [5.41, 5.74) is 2.62. The Labute approximate surface area is 186 Å². The van der Waals surface area contributed by atoms with Crippen LogP contribution >= 0.6 is 11.6 Å². The molecule has 0 radical (unpaired) electrons. The van der Waals surface area contributed by atoms with Crippen molar-refractivity contribution in [3.05, 3.63) is 77.0 Å². The Morgan fingerprint density at radius 3 is 2.52 bits per heavy atom. The second-order valence-corrected chi connectivity index (χ2v) is 7.11. The molecule has 0 saturated heterocycles. The predicted molar refractivity (Wildman–Crippen MR) is 125 cm³/mol. The van der Waals surface area contributed by atoms with E-state index in [0.717, 1.165) is 22.7 Å². The number of aryl methyl sites for hydroxylation is 1. The van der Waals surface area contributed by atoms with Gasteiger partial charge in [0.2, 0.25) is 11.9 Å². The van der Waals surface area contributed by atoms with E-state index in [1.165, 1.54) is 6.08 Å². The van der Waals surface area contributed by atoms with E-state index in [1.54, 1.807) is 25.3 Å². The number of benzene rings is 2. The average Bonchev–Trinajstić information content (AvgIpc) is 2.76. The van der Waals surface area contributed by atoms with E-state index in [9.17, 15) is 4.79 Å². The largest absolute Gasteiger partial charge is 0.497 e. The first-order valence-corrected chi connectivity index (χ1v) is 10.1. The van der Waals surface area contributed by atoms with Crippen molar-refractivity contribution in [2.24, 2.45) is 0 Å². The summed E-state index contributed by atoms with van der Waals surface area (Å²) in [6, 6.07) is 16.7. The average molecular weight is 438 g/mol. The number of ether oxygens (including phenoxy) is 1. The summed E-state index contributed by atoms with van der Waals surface area (Å²) in [4.78, 5) is 20.8. The molecule has 3 aromatic rings. The SMILES string of the molecule is COc1ccc(Nc2cc(C)nc(NCCNC(=O)/C=C/c3ccc(Cl)cc3)n2)cc1. The maximum atomic E-state index is 11.9. The van der Waals surface area contributed by atoms with Crippen molar-refractivity contribution in [2.45, 2.75) is 6.92 Å². The Morgan fingerprint density at radius 2 is 1.81 bits per heavy atom. The standard InChI is InChI=1S/C23H24ClN5O2/c1-16-15-21(28-19-8-10-20(31-2)11-9-19)29-23(27-16)26-14-13-25-22(30)12-5-17-3-6-18(24)7-4-17/h3-12,15H,13-14H2,1-2H3,(H,25,30)(H2,26,27,28,29)/b12-5+. The van der Waals surface area contributed by atoms with Gasteiger partial charge in [-0.2, -0.15) is 4.98 Å². The van der Waals surface area contributed by atoms with E-state index in [0.29, 0.717) is 29.9 Å². The van der Waals surface area contributed by atoms with Crippen LogP contribution in [0.2, 0.25) is 5.02 Å². The van der Waals surface area contributed by atoms with Crippen molar-refractivity contribution in [2.75, 3.05) is 30.8 Å². The zero-order valence-electron chi connectivity index (χ0n) is 17.4. The molecule has 0 aliphatic carbocycles. The van der Waals surface area contributed by atoms with Gasteiger partial charge in [-0.05, 0) is 55.0 Å². The summed E-state index contributed by atoms with van der Waals surface area (Å²) in [6.45, 7) is 2.82. The van der Waals surface area contributed by atoms with Crippen molar-refractivity contribution < 1.29 is 9.53 Å². The molecule has 3 rings (SSSR count). The highest BCUT2D eigenvalue weighted by molar-refractivity contribution is 6.30. The van der Waals surface area contributed by atoms with E-state index < -0.39 is 0 Å². The van der Waals surface area contributed by atoms with Crippen LogP contribution in [0.3, 0.4) is 0 Å². The molecule has 0 saturated carbocycles. The smallest absolute Gasteiger partial charge is 0.244 e. The molecule has 160 valence electrons. The second kappa shape index (κ2) is 11.0. The van der Waals surface area contributed by atoms with Gasteiger partial charge in [0, 0.05) is 41.6 Å². The van der Waals surface area contributed by atoms with Gasteiger partial charge in [-0.15, -0.1) is 0 Å². The summed E-state index contributed by atoms with van der Waals surface area (Å²) in [7, 11) is 1.63. The van der Waals surface area contributed by atoms with E-state index in [2.05, 4.69) is 25.9 Å². The van der Waals surface area contributed by atoms with Crippen LogP contribution in [0.4, 0.5) is 17.5 Å². The van der Waals surface area contributed by atoms with Crippen LogP contribution in [0.25, 0.3) is 6.08 Å². The second-order valence-electron chi connectivity index (χ2n) is 6.67. The van der Waals surface area contributed by atoms with Gasteiger partial charge >= 0.3 is 0 Å². The first kappa shape index (κ1) is 22.1. The lowest BCUT2D eigenvalue weighted by atomic mass is 10.2. The van der Waals surface area contributed by atoms with E-state index in [1.807, 2.05) is 49.4 Å². The molecule has 2 aromatic carbocycles. The number of carbonyl (C=O) groups is 1. The van der Waals surface area contributed by atoms with Gasteiger partial charge in [-0.1, -0.05) is 23.7 Å². The van der Waals surface area contributed by atoms with Crippen LogP contribution in [0.15, 0.2) is 60.7 Å². The molecular weight excluding hydrogens is 414 g/mol. The lowest BCUT2D eigenvalue weighted by Gasteiger charge is -2.10. The van der Waals surface area contributed by atoms with Gasteiger partial charge in [0.25, 0.3) is 0 Å². The minimum Gasteiger partial charge on any atom is -0.497 e. The van der Waals surface area contributed by atoms with Crippen LogP contribution in [0.5, 0.6) is 5.75 Å². The first-order valence-electron chi connectivity index (χ1n) is 9.74. The van der Waals surface area contributed by atoms with Crippen molar-refractivity contribution >= 4 is 41.0 Å². The number of hydrogen-bond acceptors (Lipinski definition) is 6. The maximum absolute atomic E-state index is 11.9. The number of carbonyl (C=O) groups excluding carboxylic acids is 1. The predicted octanol–water partition coefficient (Wildman–Crippen LogP) is 4.43. The molecule has 0 aliphatic rings.